The molecule has 2 aromatic rings. The molecule has 2 atom stereocenters. The van der Waals surface area contributed by atoms with E-state index in [4.69, 9.17) is 5.26 Å². The third kappa shape index (κ3) is 2.72. The number of carbonyl (C=O) groups excluding carboxylic acids is 1. The van der Waals surface area contributed by atoms with E-state index in [2.05, 4.69) is 33.7 Å². The monoisotopic (exact) mass is 312 g/mol. The van der Waals surface area contributed by atoms with Crippen LogP contribution in [0.15, 0.2) is 18.6 Å². The predicted molar refractivity (Wildman–Crippen MR) is 86.7 cm³/mol. The number of aromatic nitrogens is 3. The first kappa shape index (κ1) is 15.3. The molecule has 1 fully saturated rings. The molecule has 1 saturated heterocycles. The van der Waals surface area contributed by atoms with Crippen molar-refractivity contribution in [1.29, 1.82) is 5.26 Å². The number of hydrogen-bond donors (Lipinski definition) is 1. The zero-order valence-corrected chi connectivity index (χ0v) is 13.4. The molecule has 7 heteroatoms. The van der Waals surface area contributed by atoms with Gasteiger partial charge in [-0.3, -0.25) is 4.79 Å². The minimum atomic E-state index is -0.0823. The Morgan fingerprint density at radius 2 is 2.39 bits per heavy atom. The first-order valence-corrected chi connectivity index (χ1v) is 7.85. The van der Waals surface area contributed by atoms with E-state index in [-0.39, 0.29) is 18.4 Å². The quantitative estimate of drug-likeness (QED) is 0.904. The first-order valence-electron chi connectivity index (χ1n) is 7.85. The van der Waals surface area contributed by atoms with E-state index in [1.54, 1.807) is 6.33 Å². The van der Waals surface area contributed by atoms with Crippen LogP contribution >= 0.6 is 0 Å². The van der Waals surface area contributed by atoms with Gasteiger partial charge in [-0.05, 0) is 18.9 Å². The number of nitrogens with one attached hydrogen (secondary N) is 1. The number of H-pyrrole nitrogens is 1. The van der Waals surface area contributed by atoms with Crippen LogP contribution in [0.5, 0.6) is 0 Å². The summed E-state index contributed by atoms with van der Waals surface area (Å²) in [6, 6.07) is 4.04. The third-order valence-corrected chi connectivity index (χ3v) is 4.51. The number of aromatic amines is 1. The summed E-state index contributed by atoms with van der Waals surface area (Å²) in [4.78, 5) is 27.7. The Morgan fingerprint density at radius 1 is 1.57 bits per heavy atom. The fraction of sp³-hybridized carbons (Fsp3) is 0.500. The predicted octanol–water partition coefficient (Wildman–Crippen LogP) is 1.54. The van der Waals surface area contributed by atoms with Gasteiger partial charge in [0.05, 0.1) is 17.5 Å². The molecule has 1 aliphatic heterocycles. The molecule has 0 saturated carbocycles. The van der Waals surface area contributed by atoms with Crippen molar-refractivity contribution in [2.45, 2.75) is 26.3 Å². The zero-order valence-electron chi connectivity index (χ0n) is 13.4. The summed E-state index contributed by atoms with van der Waals surface area (Å²) in [5, 5.41) is 9.71. The maximum atomic E-state index is 12.0. The molecule has 7 nitrogen and oxygen atoms in total. The molecule has 0 radical (unpaired) electrons. The molecule has 0 aromatic carbocycles. The second-order valence-electron chi connectivity index (χ2n) is 5.90. The van der Waals surface area contributed by atoms with E-state index < -0.39 is 0 Å². The number of amides is 1. The minimum Gasteiger partial charge on any atom is -0.354 e. The lowest BCUT2D eigenvalue weighted by Gasteiger charge is -2.48. The van der Waals surface area contributed by atoms with Gasteiger partial charge in [0, 0.05) is 25.8 Å². The SMILES string of the molecule is CCN(CC1C(C)CN1C(=O)CC#N)c1ncnc2[nH]ccc12. The van der Waals surface area contributed by atoms with Crippen molar-refractivity contribution in [1.82, 2.24) is 19.9 Å². The van der Waals surface area contributed by atoms with Gasteiger partial charge in [0.25, 0.3) is 0 Å². The fourth-order valence-corrected chi connectivity index (χ4v) is 3.17. The molecule has 1 N–H and O–H groups in total. The minimum absolute atomic E-state index is 0.0507. The second-order valence-corrected chi connectivity index (χ2v) is 5.90. The van der Waals surface area contributed by atoms with Gasteiger partial charge >= 0.3 is 0 Å². The zero-order chi connectivity index (χ0) is 16.4. The van der Waals surface area contributed by atoms with E-state index >= 15 is 0 Å². The Labute approximate surface area is 134 Å². The lowest BCUT2D eigenvalue weighted by molar-refractivity contribution is -0.141. The molecule has 2 aromatic heterocycles. The maximum Gasteiger partial charge on any atom is 0.237 e. The van der Waals surface area contributed by atoms with E-state index in [9.17, 15) is 4.79 Å². The Balaban J connectivity index is 1.81. The molecule has 120 valence electrons. The van der Waals surface area contributed by atoms with Crippen molar-refractivity contribution < 1.29 is 4.79 Å². The highest BCUT2D eigenvalue weighted by Gasteiger charge is 2.39. The smallest absolute Gasteiger partial charge is 0.237 e. The summed E-state index contributed by atoms with van der Waals surface area (Å²) in [7, 11) is 0. The fourth-order valence-electron chi connectivity index (χ4n) is 3.17. The van der Waals surface area contributed by atoms with Gasteiger partial charge in [0.1, 0.15) is 24.2 Å². The van der Waals surface area contributed by atoms with Gasteiger partial charge in [-0.1, -0.05) is 6.92 Å². The molecule has 3 rings (SSSR count). The molecular weight excluding hydrogens is 292 g/mol. The van der Waals surface area contributed by atoms with Gasteiger partial charge in [0.2, 0.25) is 5.91 Å². The van der Waals surface area contributed by atoms with Gasteiger partial charge in [0.15, 0.2) is 0 Å². The van der Waals surface area contributed by atoms with E-state index in [1.807, 2.05) is 23.2 Å². The molecule has 0 bridgehead atoms. The van der Waals surface area contributed by atoms with Crippen molar-refractivity contribution in [2.24, 2.45) is 5.92 Å². The van der Waals surface area contributed by atoms with Crippen molar-refractivity contribution >= 4 is 22.8 Å². The van der Waals surface area contributed by atoms with Crippen molar-refractivity contribution in [3.63, 3.8) is 0 Å². The van der Waals surface area contributed by atoms with Crippen LogP contribution in [-0.4, -0.2) is 51.4 Å². The average Bonchev–Trinajstić information content (AvgIpc) is 3.02. The van der Waals surface area contributed by atoms with Crippen LogP contribution in [0.3, 0.4) is 0 Å². The Morgan fingerprint density at radius 3 is 3.09 bits per heavy atom. The summed E-state index contributed by atoms with van der Waals surface area (Å²) in [5.41, 5.74) is 0.813. The van der Waals surface area contributed by atoms with Crippen molar-refractivity contribution in [2.75, 3.05) is 24.5 Å². The number of nitrogens with zero attached hydrogens (tertiary/aromatic N) is 5. The van der Waals surface area contributed by atoms with Crippen molar-refractivity contribution in [3.8, 4) is 6.07 Å². The number of likely N-dealkylation sites (N-methyl/N-ethyl adjacent to an activating group) is 1. The van der Waals surface area contributed by atoms with Crippen LogP contribution in [0.1, 0.15) is 20.3 Å². The topological polar surface area (TPSA) is 88.9 Å². The highest BCUT2D eigenvalue weighted by molar-refractivity contribution is 5.87. The molecule has 2 unspecified atom stereocenters. The van der Waals surface area contributed by atoms with Crippen LogP contribution < -0.4 is 4.90 Å². The van der Waals surface area contributed by atoms with Crippen LogP contribution in [0.25, 0.3) is 11.0 Å². The van der Waals surface area contributed by atoms with Crippen LogP contribution in [0.2, 0.25) is 0 Å². The highest BCUT2D eigenvalue weighted by atomic mass is 16.2. The van der Waals surface area contributed by atoms with E-state index in [0.29, 0.717) is 12.5 Å². The largest absolute Gasteiger partial charge is 0.354 e. The second kappa shape index (κ2) is 6.24. The molecule has 0 spiro atoms. The average molecular weight is 312 g/mol. The van der Waals surface area contributed by atoms with E-state index in [0.717, 1.165) is 29.9 Å². The van der Waals surface area contributed by atoms with Crippen LogP contribution in [0.4, 0.5) is 5.82 Å². The number of fused-ring (bicyclic) bond motifs is 1. The lowest BCUT2D eigenvalue weighted by atomic mass is 9.89. The summed E-state index contributed by atoms with van der Waals surface area (Å²) in [5.74, 6) is 1.22. The standard InChI is InChI=1S/C16H20N6O/c1-3-21(16-12-5-7-18-15(12)19-10-20-16)9-13-11(2)8-22(13)14(23)4-6-17/h5,7,10-11,13H,3-4,8-9H2,1-2H3,(H,18,19,20). The van der Waals surface area contributed by atoms with E-state index in [1.165, 1.54) is 0 Å². The van der Waals surface area contributed by atoms with Gasteiger partial charge in [-0.15, -0.1) is 0 Å². The molecule has 3 heterocycles. The number of likely N-dealkylation sites (tertiary alicyclic amines) is 1. The maximum absolute atomic E-state index is 12.0. The number of rotatable bonds is 5. The summed E-state index contributed by atoms with van der Waals surface area (Å²) < 4.78 is 0. The summed E-state index contributed by atoms with van der Waals surface area (Å²) >= 11 is 0. The normalized spacial score (nSPS) is 20.1. The number of carbonyl (C=O) groups is 1. The van der Waals surface area contributed by atoms with Gasteiger partial charge in [-0.25, -0.2) is 9.97 Å². The summed E-state index contributed by atoms with van der Waals surface area (Å²) in [6.07, 6.45) is 3.36. The molecule has 23 heavy (non-hydrogen) atoms. The van der Waals surface area contributed by atoms with Crippen LogP contribution in [-0.2, 0) is 4.79 Å². The first-order chi connectivity index (χ1) is 11.2. The third-order valence-electron chi connectivity index (χ3n) is 4.51. The Hall–Kier alpha value is -2.62. The molecule has 0 aliphatic carbocycles. The molecular formula is C16H20N6O. The van der Waals surface area contributed by atoms with Gasteiger partial charge in [-0.2, -0.15) is 5.26 Å². The number of nitriles is 1. The summed E-state index contributed by atoms with van der Waals surface area (Å²) in [6.45, 7) is 6.45. The highest BCUT2D eigenvalue weighted by Crippen LogP contribution is 2.29. The van der Waals surface area contributed by atoms with Crippen LogP contribution in [0, 0.1) is 17.2 Å². The Bertz CT molecular complexity index is 748. The number of hydrogen-bond acceptors (Lipinski definition) is 5. The molecule has 1 amide bonds. The van der Waals surface area contributed by atoms with Crippen molar-refractivity contribution in [3.05, 3.63) is 18.6 Å². The number of anilines is 1. The molecule has 1 aliphatic rings. The van der Waals surface area contributed by atoms with Gasteiger partial charge < -0.3 is 14.8 Å². The lowest BCUT2D eigenvalue weighted by Crippen LogP contribution is -2.61. The Kier molecular flexibility index (Phi) is 4.15.